The second-order valence-electron chi connectivity index (χ2n) is 10.2. The van der Waals surface area contributed by atoms with Gasteiger partial charge in [0.15, 0.2) is 0 Å². The minimum atomic E-state index is -0.888. The highest BCUT2D eigenvalue weighted by Crippen LogP contribution is 2.62. The van der Waals surface area contributed by atoms with E-state index in [1.807, 2.05) is 12.1 Å². The summed E-state index contributed by atoms with van der Waals surface area (Å²) in [7, 11) is 1.80. The van der Waals surface area contributed by atoms with Gasteiger partial charge in [-0.2, -0.15) is 0 Å². The van der Waals surface area contributed by atoms with E-state index in [4.69, 9.17) is 4.74 Å². The van der Waals surface area contributed by atoms with Crippen LogP contribution in [0, 0.1) is 17.8 Å². The van der Waals surface area contributed by atoms with E-state index < -0.39 is 5.97 Å². The van der Waals surface area contributed by atoms with E-state index >= 15 is 0 Å². The summed E-state index contributed by atoms with van der Waals surface area (Å²) in [6.07, 6.45) is 8.25. The number of rotatable bonds is 4. The van der Waals surface area contributed by atoms with Crippen LogP contribution in [0.2, 0.25) is 0 Å². The predicted octanol–water partition coefficient (Wildman–Crippen LogP) is 6.68. The van der Waals surface area contributed by atoms with E-state index in [2.05, 4.69) is 30.3 Å². The molecule has 31 heavy (non-hydrogen) atoms. The van der Waals surface area contributed by atoms with E-state index in [0.717, 1.165) is 34.3 Å². The summed E-state index contributed by atoms with van der Waals surface area (Å²) >= 11 is 0. The van der Waals surface area contributed by atoms with Gasteiger partial charge < -0.3 is 9.84 Å². The molecule has 0 spiro atoms. The summed E-state index contributed by atoms with van der Waals surface area (Å²) in [5, 5.41) is 11.3. The number of benzene rings is 3. The molecule has 0 atom stereocenters. The van der Waals surface area contributed by atoms with E-state index in [-0.39, 0.29) is 5.41 Å². The standard InChI is InChI=1S/C28H28O3/c1-31-26-7-6-23(21-2-3-22-12-24(27(29)30)5-4-20(22)11-21)13-25(26)28-14-17-8-18(15-28)10-19(9-17)16-28/h2-7,11-13,17-19H,8-10,14-16H2,1H3,(H,29,30)/t17-,18+,19-,28?. The quantitative estimate of drug-likeness (QED) is 0.520. The van der Waals surface area contributed by atoms with Crippen LogP contribution in [-0.4, -0.2) is 18.2 Å². The Balaban J connectivity index is 1.43. The van der Waals surface area contributed by atoms with Crippen LogP contribution in [0.5, 0.6) is 5.75 Å². The zero-order valence-electron chi connectivity index (χ0n) is 17.9. The summed E-state index contributed by atoms with van der Waals surface area (Å²) in [6.45, 7) is 0. The van der Waals surface area contributed by atoms with Crippen molar-refractivity contribution in [2.75, 3.05) is 7.11 Å². The lowest BCUT2D eigenvalue weighted by Gasteiger charge is -2.57. The maximum Gasteiger partial charge on any atom is 0.335 e. The largest absolute Gasteiger partial charge is 0.496 e. The monoisotopic (exact) mass is 412 g/mol. The van der Waals surface area contributed by atoms with Gasteiger partial charge in [0.2, 0.25) is 0 Å². The Labute approximate surface area is 183 Å². The van der Waals surface area contributed by atoms with E-state index in [1.54, 1.807) is 19.2 Å². The van der Waals surface area contributed by atoms with Crippen molar-refractivity contribution in [3.63, 3.8) is 0 Å². The lowest BCUT2D eigenvalue weighted by Crippen LogP contribution is -2.48. The van der Waals surface area contributed by atoms with Gasteiger partial charge in [-0.3, -0.25) is 0 Å². The molecule has 4 aliphatic rings. The Bertz CT molecular complexity index is 1160. The Kier molecular flexibility index (Phi) is 4.18. The Morgan fingerprint density at radius 1 is 0.839 bits per heavy atom. The van der Waals surface area contributed by atoms with Gasteiger partial charge in [0.1, 0.15) is 5.75 Å². The van der Waals surface area contributed by atoms with Crippen molar-refractivity contribution in [1.82, 2.24) is 0 Å². The molecule has 4 bridgehead atoms. The number of aromatic carboxylic acids is 1. The zero-order valence-corrected chi connectivity index (χ0v) is 17.9. The Morgan fingerprint density at radius 2 is 1.42 bits per heavy atom. The van der Waals surface area contributed by atoms with Crippen LogP contribution in [-0.2, 0) is 5.41 Å². The molecule has 1 N–H and O–H groups in total. The smallest absolute Gasteiger partial charge is 0.335 e. The van der Waals surface area contributed by atoms with Crippen LogP contribution in [0.4, 0.5) is 0 Å². The van der Waals surface area contributed by atoms with Gasteiger partial charge in [-0.25, -0.2) is 4.79 Å². The molecule has 3 aromatic carbocycles. The highest BCUT2D eigenvalue weighted by molar-refractivity contribution is 5.95. The third-order valence-corrected chi connectivity index (χ3v) is 8.23. The fraction of sp³-hybridized carbons (Fsp3) is 0.393. The molecule has 7 rings (SSSR count). The maximum atomic E-state index is 11.3. The van der Waals surface area contributed by atoms with Gasteiger partial charge in [-0.1, -0.05) is 24.3 Å². The van der Waals surface area contributed by atoms with Gasteiger partial charge >= 0.3 is 5.97 Å². The van der Waals surface area contributed by atoms with Crippen LogP contribution in [0.25, 0.3) is 21.9 Å². The molecule has 4 fully saturated rings. The summed E-state index contributed by atoms with van der Waals surface area (Å²) in [5.41, 5.74) is 4.41. The molecule has 3 nitrogen and oxygen atoms in total. The van der Waals surface area contributed by atoms with Gasteiger partial charge in [-0.05, 0) is 114 Å². The van der Waals surface area contributed by atoms with Crippen molar-refractivity contribution < 1.29 is 14.6 Å². The molecule has 158 valence electrons. The summed E-state index contributed by atoms with van der Waals surface area (Å²) in [4.78, 5) is 11.3. The van der Waals surface area contributed by atoms with Crippen LogP contribution in [0.3, 0.4) is 0 Å². The number of carbonyl (C=O) groups is 1. The first-order chi connectivity index (χ1) is 15.0. The highest BCUT2D eigenvalue weighted by atomic mass is 16.5. The van der Waals surface area contributed by atoms with E-state index in [0.29, 0.717) is 5.56 Å². The predicted molar refractivity (Wildman–Crippen MR) is 123 cm³/mol. The van der Waals surface area contributed by atoms with Crippen molar-refractivity contribution in [2.24, 2.45) is 17.8 Å². The second-order valence-corrected chi connectivity index (χ2v) is 10.2. The lowest BCUT2D eigenvalue weighted by molar-refractivity contribution is -0.00613. The average molecular weight is 413 g/mol. The third kappa shape index (κ3) is 3.05. The molecule has 0 unspecified atom stereocenters. The number of fused-ring (bicyclic) bond motifs is 1. The highest BCUT2D eigenvalue weighted by Gasteiger charge is 2.52. The van der Waals surface area contributed by atoms with Crippen molar-refractivity contribution in [3.05, 3.63) is 65.7 Å². The zero-order chi connectivity index (χ0) is 21.2. The maximum absolute atomic E-state index is 11.3. The van der Waals surface area contributed by atoms with Crippen LogP contribution in [0.1, 0.15) is 54.4 Å². The first-order valence-electron chi connectivity index (χ1n) is 11.5. The second kappa shape index (κ2) is 6.85. The molecule has 0 amide bonds. The number of hydrogen-bond acceptors (Lipinski definition) is 2. The van der Waals surface area contributed by atoms with Gasteiger partial charge in [-0.15, -0.1) is 0 Å². The van der Waals surface area contributed by atoms with Crippen molar-refractivity contribution >= 4 is 16.7 Å². The molecule has 0 aliphatic heterocycles. The van der Waals surface area contributed by atoms with Crippen molar-refractivity contribution in [2.45, 2.75) is 43.9 Å². The van der Waals surface area contributed by atoms with Gasteiger partial charge in [0.05, 0.1) is 12.7 Å². The number of carboxylic acid groups (broad SMARTS) is 1. The molecular weight excluding hydrogens is 384 g/mol. The van der Waals surface area contributed by atoms with Crippen molar-refractivity contribution in [3.8, 4) is 16.9 Å². The molecule has 3 heteroatoms. The summed E-state index contributed by atoms with van der Waals surface area (Å²) in [6, 6.07) is 18.4. The third-order valence-electron chi connectivity index (χ3n) is 8.23. The summed E-state index contributed by atoms with van der Waals surface area (Å²) < 4.78 is 5.88. The number of ether oxygens (including phenoxy) is 1. The number of hydrogen-bond donors (Lipinski definition) is 1. The molecule has 3 aromatic rings. The molecular formula is C28H28O3. The molecule has 4 aliphatic carbocycles. The SMILES string of the molecule is COc1ccc(-c2ccc3cc(C(=O)O)ccc3c2)cc1C12C[C@H]3C[C@@H](C1)C[C@@H](C2)C3. The van der Waals surface area contributed by atoms with E-state index in [1.165, 1.54) is 55.2 Å². The average Bonchev–Trinajstić information content (AvgIpc) is 2.77. The van der Waals surface area contributed by atoms with E-state index in [9.17, 15) is 9.90 Å². The number of carboxylic acids is 1. The van der Waals surface area contributed by atoms with Crippen LogP contribution in [0.15, 0.2) is 54.6 Å². The van der Waals surface area contributed by atoms with Gasteiger partial charge in [0, 0.05) is 5.56 Å². The van der Waals surface area contributed by atoms with Crippen LogP contribution >= 0.6 is 0 Å². The molecule has 4 saturated carbocycles. The lowest BCUT2D eigenvalue weighted by atomic mass is 9.48. The first-order valence-corrected chi connectivity index (χ1v) is 11.5. The van der Waals surface area contributed by atoms with Crippen molar-refractivity contribution in [1.29, 1.82) is 0 Å². The normalized spacial score (nSPS) is 28.7. The molecule has 0 saturated heterocycles. The molecule has 0 radical (unpaired) electrons. The summed E-state index contributed by atoms with van der Waals surface area (Å²) in [5.74, 6) is 2.83. The molecule has 0 heterocycles. The fourth-order valence-electron chi connectivity index (χ4n) is 7.30. The topological polar surface area (TPSA) is 46.5 Å². The minimum Gasteiger partial charge on any atom is -0.496 e. The minimum absolute atomic E-state index is 0.281. The fourth-order valence-corrected chi connectivity index (χ4v) is 7.30. The Morgan fingerprint density at radius 3 is 2.06 bits per heavy atom. The van der Waals surface area contributed by atoms with Gasteiger partial charge in [0.25, 0.3) is 0 Å². The van der Waals surface area contributed by atoms with Crippen LogP contribution < -0.4 is 4.74 Å². The first kappa shape index (κ1) is 18.9. The number of methoxy groups -OCH3 is 1. The Hall–Kier alpha value is -2.81. The molecule has 0 aromatic heterocycles.